The molecule has 0 amide bonds. The lowest BCUT2D eigenvalue weighted by atomic mass is 10.1. The molecule has 1 saturated heterocycles. The lowest BCUT2D eigenvalue weighted by Gasteiger charge is -2.28. The van der Waals surface area contributed by atoms with Crippen molar-refractivity contribution < 1.29 is 17.2 Å². The number of aromatic nitrogens is 4. The topological polar surface area (TPSA) is 93.0 Å². The molecule has 1 aliphatic heterocycles. The molecule has 0 spiro atoms. The quantitative estimate of drug-likeness (QED) is 0.396. The van der Waals surface area contributed by atoms with E-state index in [9.17, 15) is 8.42 Å². The molecule has 1 aliphatic carbocycles. The Hall–Kier alpha value is -3.44. The Morgan fingerprint density at radius 2 is 1.78 bits per heavy atom. The van der Waals surface area contributed by atoms with Crippen molar-refractivity contribution in [1.82, 2.24) is 24.8 Å². The molecule has 4 aromatic rings. The standard InChI is InChI=1S/C26H26F2N6O2S/c27-21-4-3-18(15-37(35,36)14-17-1-2-17)24(28)26(21)34-13-20(19-11-30-16-31-12-19)25-22(34)5-6-23(32-25)33-9-7-29-8-10-33/h3-6,11-13,16-17,29H,1-2,7-10,14-15H2. The highest BCUT2D eigenvalue weighted by molar-refractivity contribution is 7.90. The zero-order valence-corrected chi connectivity index (χ0v) is 20.9. The summed E-state index contributed by atoms with van der Waals surface area (Å²) in [5, 5.41) is 3.32. The number of nitrogens with one attached hydrogen (secondary N) is 1. The molecule has 37 heavy (non-hydrogen) atoms. The average molecular weight is 525 g/mol. The third kappa shape index (κ3) is 4.80. The van der Waals surface area contributed by atoms with Crippen LogP contribution in [0.4, 0.5) is 14.6 Å². The van der Waals surface area contributed by atoms with Gasteiger partial charge in [0.1, 0.15) is 23.6 Å². The minimum Gasteiger partial charge on any atom is -0.354 e. The van der Waals surface area contributed by atoms with Gasteiger partial charge in [0.2, 0.25) is 0 Å². The third-order valence-electron chi connectivity index (χ3n) is 6.89. The summed E-state index contributed by atoms with van der Waals surface area (Å²) >= 11 is 0. The fraction of sp³-hybridized carbons (Fsp3) is 0.346. The summed E-state index contributed by atoms with van der Waals surface area (Å²) in [5.74, 6) is -1.20. The second-order valence-electron chi connectivity index (χ2n) is 9.68. The summed E-state index contributed by atoms with van der Waals surface area (Å²) < 4.78 is 57.7. The number of nitrogens with zero attached hydrogens (tertiary/aromatic N) is 5. The van der Waals surface area contributed by atoms with Gasteiger partial charge in [0, 0.05) is 61.5 Å². The van der Waals surface area contributed by atoms with E-state index in [0.717, 1.165) is 50.9 Å². The molecule has 4 heterocycles. The molecular weight excluding hydrogens is 498 g/mol. The first-order valence-corrected chi connectivity index (χ1v) is 14.1. The van der Waals surface area contributed by atoms with E-state index >= 15 is 8.78 Å². The SMILES string of the molecule is O=S(=O)(Cc1ccc(F)c(-n2cc(-c3cncnc3)c3nc(N4CCNCC4)ccc32)c1F)CC1CC1. The second kappa shape index (κ2) is 9.46. The Morgan fingerprint density at radius 1 is 1.03 bits per heavy atom. The van der Waals surface area contributed by atoms with Gasteiger partial charge in [-0.1, -0.05) is 6.07 Å². The summed E-state index contributed by atoms with van der Waals surface area (Å²) in [7, 11) is -3.52. The molecule has 11 heteroatoms. The van der Waals surface area contributed by atoms with E-state index in [0.29, 0.717) is 22.2 Å². The van der Waals surface area contributed by atoms with Gasteiger partial charge in [-0.3, -0.25) is 0 Å². The first kappa shape index (κ1) is 23.9. The van der Waals surface area contributed by atoms with Gasteiger partial charge >= 0.3 is 0 Å². The lowest BCUT2D eigenvalue weighted by Crippen LogP contribution is -2.43. The fourth-order valence-electron chi connectivity index (χ4n) is 4.85. The molecule has 0 bridgehead atoms. The van der Waals surface area contributed by atoms with Crippen molar-refractivity contribution >= 4 is 26.7 Å². The van der Waals surface area contributed by atoms with E-state index in [1.165, 1.54) is 17.0 Å². The van der Waals surface area contributed by atoms with Crippen molar-refractivity contribution in [3.8, 4) is 16.8 Å². The maximum atomic E-state index is 15.8. The van der Waals surface area contributed by atoms with Crippen LogP contribution in [0.2, 0.25) is 0 Å². The van der Waals surface area contributed by atoms with E-state index < -0.39 is 27.2 Å². The number of halogens is 2. The molecule has 2 fully saturated rings. The van der Waals surface area contributed by atoms with Crippen molar-refractivity contribution in [3.63, 3.8) is 0 Å². The van der Waals surface area contributed by atoms with Crippen LogP contribution in [0, 0.1) is 17.6 Å². The van der Waals surface area contributed by atoms with Crippen molar-refractivity contribution in [1.29, 1.82) is 0 Å². The number of hydrogen-bond acceptors (Lipinski definition) is 7. The minimum absolute atomic E-state index is 0.0302. The van der Waals surface area contributed by atoms with Gasteiger partial charge in [-0.25, -0.2) is 32.2 Å². The number of piperazine rings is 1. The zero-order valence-electron chi connectivity index (χ0n) is 20.1. The maximum absolute atomic E-state index is 15.8. The maximum Gasteiger partial charge on any atom is 0.154 e. The Bertz CT molecular complexity index is 1570. The van der Waals surface area contributed by atoms with Crippen LogP contribution < -0.4 is 10.2 Å². The van der Waals surface area contributed by atoms with Gasteiger partial charge in [0.15, 0.2) is 15.7 Å². The molecule has 3 aromatic heterocycles. The molecule has 0 atom stereocenters. The predicted molar refractivity (Wildman–Crippen MR) is 137 cm³/mol. The third-order valence-corrected chi connectivity index (χ3v) is 8.62. The van der Waals surface area contributed by atoms with E-state index in [4.69, 9.17) is 4.98 Å². The van der Waals surface area contributed by atoms with Crippen LogP contribution in [0.3, 0.4) is 0 Å². The molecule has 1 aromatic carbocycles. The predicted octanol–water partition coefficient (Wildman–Crippen LogP) is 3.50. The van der Waals surface area contributed by atoms with Crippen LogP contribution in [0.25, 0.3) is 27.8 Å². The number of fused-ring (bicyclic) bond motifs is 1. The molecule has 8 nitrogen and oxygen atoms in total. The van der Waals surface area contributed by atoms with Crippen molar-refractivity contribution in [3.05, 3.63) is 66.4 Å². The number of sulfone groups is 1. The molecule has 1 N–H and O–H groups in total. The minimum atomic E-state index is -3.52. The first-order chi connectivity index (χ1) is 17.9. The molecule has 1 saturated carbocycles. The summed E-state index contributed by atoms with van der Waals surface area (Å²) in [5.41, 5.74) is 1.95. The van der Waals surface area contributed by atoms with E-state index in [2.05, 4.69) is 20.2 Å². The van der Waals surface area contributed by atoms with Gasteiger partial charge < -0.3 is 14.8 Å². The number of rotatable bonds is 7. The highest BCUT2D eigenvalue weighted by atomic mass is 32.2. The van der Waals surface area contributed by atoms with Crippen LogP contribution in [-0.4, -0.2) is 59.9 Å². The van der Waals surface area contributed by atoms with Crippen LogP contribution >= 0.6 is 0 Å². The molecule has 2 aliphatic rings. The fourth-order valence-corrected chi connectivity index (χ4v) is 6.72. The van der Waals surface area contributed by atoms with E-state index in [1.807, 2.05) is 6.07 Å². The number of anilines is 1. The monoisotopic (exact) mass is 524 g/mol. The number of benzene rings is 1. The van der Waals surface area contributed by atoms with Crippen molar-refractivity contribution in [2.45, 2.75) is 18.6 Å². The first-order valence-electron chi connectivity index (χ1n) is 12.3. The summed E-state index contributed by atoms with van der Waals surface area (Å²) in [6.07, 6.45) is 8.02. The van der Waals surface area contributed by atoms with Crippen LogP contribution in [-0.2, 0) is 15.6 Å². The lowest BCUT2D eigenvalue weighted by molar-refractivity contribution is 0.559. The summed E-state index contributed by atoms with van der Waals surface area (Å²) in [4.78, 5) is 15.2. The highest BCUT2D eigenvalue weighted by Crippen LogP contribution is 2.35. The van der Waals surface area contributed by atoms with Gasteiger partial charge in [0.05, 0.1) is 22.5 Å². The Kier molecular flexibility index (Phi) is 6.12. The summed E-state index contributed by atoms with van der Waals surface area (Å²) in [6.45, 7) is 3.27. The van der Waals surface area contributed by atoms with Gasteiger partial charge in [0.25, 0.3) is 0 Å². The van der Waals surface area contributed by atoms with Gasteiger partial charge in [-0.15, -0.1) is 0 Å². The molecule has 0 radical (unpaired) electrons. The summed E-state index contributed by atoms with van der Waals surface area (Å²) in [6, 6.07) is 5.98. The van der Waals surface area contributed by atoms with Crippen LogP contribution in [0.5, 0.6) is 0 Å². The van der Waals surface area contributed by atoms with Crippen LogP contribution in [0.15, 0.2) is 49.2 Å². The van der Waals surface area contributed by atoms with Gasteiger partial charge in [-0.2, -0.15) is 0 Å². The van der Waals surface area contributed by atoms with Crippen LogP contribution in [0.1, 0.15) is 18.4 Å². The Morgan fingerprint density at radius 3 is 2.51 bits per heavy atom. The Labute approximate surface area is 213 Å². The molecule has 0 unspecified atom stereocenters. The van der Waals surface area contributed by atoms with E-state index in [-0.39, 0.29) is 22.9 Å². The smallest absolute Gasteiger partial charge is 0.154 e. The second-order valence-corrected chi connectivity index (χ2v) is 11.8. The number of pyridine rings is 1. The van der Waals surface area contributed by atoms with Crippen molar-refractivity contribution in [2.75, 3.05) is 36.8 Å². The molecular formula is C26H26F2N6O2S. The molecule has 6 rings (SSSR count). The molecule has 192 valence electrons. The van der Waals surface area contributed by atoms with E-state index in [1.54, 1.807) is 24.7 Å². The normalized spacial score (nSPS) is 16.4. The number of hydrogen-bond donors (Lipinski definition) is 1. The highest BCUT2D eigenvalue weighted by Gasteiger charge is 2.30. The Balaban J connectivity index is 1.49. The largest absolute Gasteiger partial charge is 0.354 e. The van der Waals surface area contributed by atoms with Crippen molar-refractivity contribution in [2.24, 2.45) is 5.92 Å². The zero-order chi connectivity index (χ0) is 25.6. The average Bonchev–Trinajstić information content (AvgIpc) is 3.63. The van der Waals surface area contributed by atoms with Gasteiger partial charge in [-0.05, 0) is 37.0 Å².